The SMILES string of the molecule is O=C(Nc1nnc(CCCCc2nnc(NC(O)C(F)(F)c3ccccc3)s2)s1)C(F)(F)c1ccccc1. The van der Waals surface area contributed by atoms with Gasteiger partial charge in [0.1, 0.15) is 10.0 Å². The fourth-order valence-electron chi connectivity index (χ4n) is 3.35. The first-order valence-electron chi connectivity index (χ1n) is 11.4. The first kappa shape index (κ1) is 27.5. The average Bonchev–Trinajstić information content (AvgIpc) is 3.56. The van der Waals surface area contributed by atoms with Crippen molar-refractivity contribution in [2.24, 2.45) is 0 Å². The van der Waals surface area contributed by atoms with Gasteiger partial charge in [0.2, 0.25) is 10.3 Å². The minimum atomic E-state index is -3.71. The van der Waals surface area contributed by atoms with Crippen LogP contribution in [0.15, 0.2) is 60.7 Å². The number of halogens is 4. The predicted octanol–water partition coefficient (Wildman–Crippen LogP) is 5.21. The van der Waals surface area contributed by atoms with E-state index in [0.717, 1.165) is 22.7 Å². The maximum absolute atomic E-state index is 14.4. The number of hydrogen-bond acceptors (Lipinski definition) is 9. The van der Waals surface area contributed by atoms with Crippen LogP contribution in [0.2, 0.25) is 0 Å². The summed E-state index contributed by atoms with van der Waals surface area (Å²) in [6.07, 6.45) is 0.139. The van der Waals surface area contributed by atoms with Crippen molar-refractivity contribution in [3.05, 3.63) is 81.8 Å². The molecule has 2 aromatic heterocycles. The number of aliphatic hydroxyl groups excluding tert-OH is 1. The van der Waals surface area contributed by atoms with Crippen LogP contribution < -0.4 is 10.6 Å². The normalized spacial score (nSPS) is 12.8. The molecule has 38 heavy (non-hydrogen) atoms. The number of rotatable bonds is 12. The van der Waals surface area contributed by atoms with Crippen molar-refractivity contribution in [3.8, 4) is 0 Å². The first-order chi connectivity index (χ1) is 18.2. The Morgan fingerprint density at radius 1 is 0.789 bits per heavy atom. The summed E-state index contributed by atoms with van der Waals surface area (Å²) < 4.78 is 57.5. The molecule has 2 heterocycles. The summed E-state index contributed by atoms with van der Waals surface area (Å²) in [6, 6.07) is 13.7. The van der Waals surface area contributed by atoms with Gasteiger partial charge in [-0.2, -0.15) is 17.6 Å². The molecule has 0 bridgehead atoms. The Balaban J connectivity index is 1.22. The zero-order valence-corrected chi connectivity index (χ0v) is 21.3. The van der Waals surface area contributed by atoms with Gasteiger partial charge in [0.15, 0.2) is 6.23 Å². The Bertz CT molecular complexity index is 1340. The lowest BCUT2D eigenvalue weighted by Gasteiger charge is -2.23. The Hall–Kier alpha value is -3.49. The van der Waals surface area contributed by atoms with Crippen LogP contribution >= 0.6 is 22.7 Å². The van der Waals surface area contributed by atoms with E-state index in [1.807, 2.05) is 0 Å². The number of benzene rings is 2. The molecular weight excluding hydrogens is 544 g/mol. The molecule has 3 N–H and O–H groups in total. The van der Waals surface area contributed by atoms with Crippen molar-refractivity contribution in [1.82, 2.24) is 20.4 Å². The molecule has 0 fully saturated rings. The van der Waals surface area contributed by atoms with Crippen molar-refractivity contribution in [2.75, 3.05) is 10.6 Å². The summed E-state index contributed by atoms with van der Waals surface area (Å²) in [6.45, 7) is 0. The van der Waals surface area contributed by atoms with Crippen molar-refractivity contribution < 1.29 is 27.5 Å². The first-order valence-corrected chi connectivity index (χ1v) is 13.1. The molecule has 1 unspecified atom stereocenters. The van der Waals surface area contributed by atoms with Crippen LogP contribution in [0.5, 0.6) is 0 Å². The van der Waals surface area contributed by atoms with E-state index in [0.29, 0.717) is 35.7 Å². The minimum Gasteiger partial charge on any atom is -0.368 e. The highest BCUT2D eigenvalue weighted by molar-refractivity contribution is 7.15. The molecule has 0 radical (unpaired) electrons. The quantitative estimate of drug-likeness (QED) is 0.123. The summed E-state index contributed by atoms with van der Waals surface area (Å²) in [4.78, 5) is 12.1. The molecular formula is C24H22F4N6O2S2. The number of nitrogens with zero attached hydrogens (tertiary/aromatic N) is 4. The van der Waals surface area contributed by atoms with Gasteiger partial charge in [0, 0.05) is 24.0 Å². The summed E-state index contributed by atoms with van der Waals surface area (Å²) in [5.41, 5.74) is -0.745. The van der Waals surface area contributed by atoms with Crippen LogP contribution in [0, 0.1) is 0 Å². The third-order valence-electron chi connectivity index (χ3n) is 5.37. The van der Waals surface area contributed by atoms with Crippen molar-refractivity contribution in [1.29, 1.82) is 0 Å². The second-order valence-electron chi connectivity index (χ2n) is 8.14. The molecule has 1 atom stereocenters. The van der Waals surface area contributed by atoms with Gasteiger partial charge in [-0.15, -0.1) is 20.4 Å². The lowest BCUT2D eigenvalue weighted by atomic mass is 10.1. The molecule has 0 aliphatic rings. The molecule has 4 rings (SSSR count). The lowest BCUT2D eigenvalue weighted by Crippen LogP contribution is -2.37. The van der Waals surface area contributed by atoms with Gasteiger partial charge in [-0.05, 0) is 12.8 Å². The molecule has 200 valence electrons. The molecule has 4 aromatic rings. The largest absolute Gasteiger partial charge is 0.368 e. The predicted molar refractivity (Wildman–Crippen MR) is 135 cm³/mol. The van der Waals surface area contributed by atoms with E-state index in [-0.39, 0.29) is 15.8 Å². The summed E-state index contributed by atoms with van der Waals surface area (Å²) in [5, 5.41) is 31.1. The second kappa shape index (κ2) is 11.9. The molecule has 0 spiro atoms. The third kappa shape index (κ3) is 6.68. The third-order valence-corrected chi connectivity index (χ3v) is 7.18. The fraction of sp³-hybridized carbons (Fsp3) is 0.292. The molecule has 2 aromatic carbocycles. The Kier molecular flexibility index (Phi) is 8.64. The molecule has 1 amide bonds. The smallest absolute Gasteiger partial charge is 0.350 e. The number of amides is 1. The van der Waals surface area contributed by atoms with Crippen molar-refractivity contribution in [3.63, 3.8) is 0 Å². The van der Waals surface area contributed by atoms with Crippen LogP contribution in [-0.4, -0.2) is 37.6 Å². The van der Waals surface area contributed by atoms with Gasteiger partial charge in [-0.25, -0.2) is 0 Å². The highest BCUT2D eigenvalue weighted by Crippen LogP contribution is 2.33. The van der Waals surface area contributed by atoms with Crippen LogP contribution in [0.3, 0.4) is 0 Å². The number of unbranched alkanes of at least 4 members (excludes halogenated alkanes) is 1. The van der Waals surface area contributed by atoms with Crippen molar-refractivity contribution in [2.45, 2.75) is 43.8 Å². The van der Waals surface area contributed by atoms with E-state index in [2.05, 4.69) is 31.0 Å². The lowest BCUT2D eigenvalue weighted by molar-refractivity contribution is -0.140. The summed E-state index contributed by atoms with van der Waals surface area (Å²) in [7, 11) is 0. The number of carbonyl (C=O) groups excluding carboxylic acids is 1. The molecule has 14 heteroatoms. The van der Waals surface area contributed by atoms with E-state index >= 15 is 0 Å². The number of alkyl halides is 4. The Morgan fingerprint density at radius 3 is 1.87 bits per heavy atom. The van der Waals surface area contributed by atoms with Crippen LogP contribution in [0.4, 0.5) is 27.8 Å². The Labute approximate surface area is 222 Å². The fourth-order valence-corrected chi connectivity index (χ4v) is 4.93. The van der Waals surface area contributed by atoms with Crippen LogP contribution in [0.25, 0.3) is 0 Å². The summed E-state index contributed by atoms with van der Waals surface area (Å²) >= 11 is 2.07. The number of aliphatic hydroxyl groups is 1. The molecule has 0 aliphatic heterocycles. The molecule has 0 saturated heterocycles. The zero-order valence-electron chi connectivity index (χ0n) is 19.7. The number of aromatic nitrogens is 4. The number of carbonyl (C=O) groups is 1. The second-order valence-corrected chi connectivity index (χ2v) is 10.3. The van der Waals surface area contributed by atoms with Gasteiger partial charge in [-0.1, -0.05) is 83.3 Å². The van der Waals surface area contributed by atoms with Crippen LogP contribution in [-0.2, 0) is 29.5 Å². The average molecular weight is 567 g/mol. The Morgan fingerprint density at radius 2 is 1.29 bits per heavy atom. The van der Waals surface area contributed by atoms with E-state index in [9.17, 15) is 27.5 Å². The minimum absolute atomic E-state index is 0.0219. The molecule has 0 saturated carbocycles. The maximum Gasteiger partial charge on any atom is 0.350 e. The molecule has 0 aliphatic carbocycles. The number of anilines is 2. The van der Waals surface area contributed by atoms with Crippen LogP contribution in [0.1, 0.15) is 34.0 Å². The molecule has 8 nitrogen and oxygen atoms in total. The van der Waals surface area contributed by atoms with Gasteiger partial charge >= 0.3 is 17.8 Å². The standard InChI is InChI=1S/C24H22F4N6O2S2/c25-23(26,15-9-3-1-4-10-15)19(35)29-21-33-31-17(37-21)13-7-8-14-18-32-34-22(38-18)30-20(36)24(27,28)16-11-5-2-6-12-16/h1-6,9-12,19,35H,7-8,13-14H2,(H,29,33)(H,30,34,36). The van der Waals surface area contributed by atoms with Gasteiger partial charge in [-0.3, -0.25) is 10.1 Å². The van der Waals surface area contributed by atoms with Crippen molar-refractivity contribution >= 4 is 38.8 Å². The topological polar surface area (TPSA) is 113 Å². The number of aryl methyl sites for hydroxylation is 2. The maximum atomic E-state index is 14.4. The van der Waals surface area contributed by atoms with Gasteiger partial charge in [0.05, 0.1) is 0 Å². The van der Waals surface area contributed by atoms with E-state index in [1.54, 1.807) is 12.1 Å². The van der Waals surface area contributed by atoms with Gasteiger partial charge in [0.25, 0.3) is 0 Å². The highest BCUT2D eigenvalue weighted by Gasteiger charge is 2.42. The van der Waals surface area contributed by atoms with Gasteiger partial charge < -0.3 is 10.4 Å². The number of hydrogen-bond donors (Lipinski definition) is 3. The van der Waals surface area contributed by atoms with E-state index in [4.69, 9.17) is 0 Å². The monoisotopic (exact) mass is 566 g/mol. The number of nitrogens with one attached hydrogen (secondary N) is 2. The zero-order chi connectivity index (χ0) is 27.2. The van der Waals surface area contributed by atoms with E-state index in [1.165, 1.54) is 48.5 Å². The van der Waals surface area contributed by atoms with E-state index < -0.39 is 29.5 Å². The highest BCUT2D eigenvalue weighted by atomic mass is 32.1. The summed E-state index contributed by atoms with van der Waals surface area (Å²) in [5.74, 6) is -8.72.